The van der Waals surface area contributed by atoms with Crippen molar-refractivity contribution >= 4 is 34.8 Å². The van der Waals surface area contributed by atoms with Gasteiger partial charge < -0.3 is 26.2 Å². The second-order valence-electron chi connectivity index (χ2n) is 8.67. The minimum absolute atomic E-state index is 0.315. The third-order valence-corrected chi connectivity index (χ3v) is 7.16. The molecule has 4 heterocycles. The van der Waals surface area contributed by atoms with Crippen LogP contribution < -0.4 is 21.3 Å². The fourth-order valence-corrected chi connectivity index (χ4v) is 5.21. The van der Waals surface area contributed by atoms with Gasteiger partial charge in [0.25, 0.3) is 5.91 Å². The van der Waals surface area contributed by atoms with E-state index in [1.54, 1.807) is 5.38 Å². The molecule has 1 amide bonds. The van der Waals surface area contributed by atoms with Crippen molar-refractivity contribution < 1.29 is 4.79 Å². The Morgan fingerprint density at radius 3 is 2.48 bits per heavy atom. The average Bonchev–Trinajstić information content (AvgIpc) is 3.27. The molecule has 0 atom stereocenters. The number of rotatable bonds is 5. The Morgan fingerprint density at radius 1 is 1.00 bits per heavy atom. The van der Waals surface area contributed by atoms with E-state index in [0.717, 1.165) is 62.3 Å². The van der Waals surface area contributed by atoms with Crippen molar-refractivity contribution in [1.29, 1.82) is 0 Å². The van der Waals surface area contributed by atoms with Crippen molar-refractivity contribution in [2.24, 2.45) is 5.73 Å². The van der Waals surface area contributed by atoms with Gasteiger partial charge in [0, 0.05) is 57.1 Å². The maximum atomic E-state index is 11.3. The van der Waals surface area contributed by atoms with Gasteiger partial charge in [0.1, 0.15) is 17.3 Å². The minimum atomic E-state index is -0.487. The van der Waals surface area contributed by atoms with Gasteiger partial charge in [-0.25, -0.2) is 4.98 Å². The number of hydrogen-bond acceptors (Lipinski definition) is 9. The Kier molecular flexibility index (Phi) is 5.86. The number of fused-ring (bicyclic) bond motifs is 1. The summed E-state index contributed by atoms with van der Waals surface area (Å²) in [6.45, 7) is 5.56. The van der Waals surface area contributed by atoms with Gasteiger partial charge in [-0.2, -0.15) is 9.97 Å². The van der Waals surface area contributed by atoms with Gasteiger partial charge in [0.2, 0.25) is 5.95 Å². The van der Waals surface area contributed by atoms with E-state index in [1.165, 1.54) is 28.0 Å². The highest BCUT2D eigenvalue weighted by Gasteiger charge is 2.22. The molecular formula is C23H28N8OS. The Balaban J connectivity index is 1.34. The molecule has 0 spiro atoms. The third kappa shape index (κ3) is 4.76. The predicted octanol–water partition coefficient (Wildman–Crippen LogP) is 1.52. The lowest BCUT2D eigenvalue weighted by molar-refractivity contribution is 0.0996. The Morgan fingerprint density at radius 2 is 1.76 bits per heavy atom. The van der Waals surface area contributed by atoms with Crippen molar-refractivity contribution in [1.82, 2.24) is 19.9 Å². The highest BCUT2D eigenvalue weighted by atomic mass is 32.1. The normalized spacial score (nSPS) is 16.6. The number of carbonyl (C=O) groups excluding carboxylic acids is 1. The number of likely N-dealkylation sites (N-methyl/N-ethyl adjacent to an activating group) is 1. The Labute approximate surface area is 197 Å². The highest BCUT2D eigenvalue weighted by Crippen LogP contribution is 2.28. The maximum absolute atomic E-state index is 11.3. The van der Waals surface area contributed by atoms with Gasteiger partial charge >= 0.3 is 0 Å². The summed E-state index contributed by atoms with van der Waals surface area (Å²) in [4.78, 5) is 31.6. The first-order valence-corrected chi connectivity index (χ1v) is 12.0. The van der Waals surface area contributed by atoms with E-state index in [2.05, 4.69) is 61.0 Å². The number of amides is 1. The lowest BCUT2D eigenvalue weighted by Gasteiger charge is -2.34. The maximum Gasteiger partial charge on any atom is 0.268 e. The van der Waals surface area contributed by atoms with E-state index in [1.807, 2.05) is 0 Å². The van der Waals surface area contributed by atoms with Crippen LogP contribution in [0.1, 0.15) is 32.2 Å². The van der Waals surface area contributed by atoms with Crippen LogP contribution in [0.5, 0.6) is 0 Å². The lowest BCUT2D eigenvalue weighted by Crippen LogP contribution is -2.45. The molecule has 5 rings (SSSR count). The molecule has 2 aliphatic rings. The number of piperazine rings is 1. The number of anilines is 3. The summed E-state index contributed by atoms with van der Waals surface area (Å²) in [6, 6.07) is 8.65. The topological polar surface area (TPSA) is 117 Å². The van der Waals surface area contributed by atoms with Gasteiger partial charge in [0.15, 0.2) is 0 Å². The van der Waals surface area contributed by atoms with Crippen LogP contribution in [0.25, 0.3) is 0 Å². The smallest absolute Gasteiger partial charge is 0.268 e. The first kappa shape index (κ1) is 21.6. The van der Waals surface area contributed by atoms with E-state index in [-0.39, 0.29) is 0 Å². The number of nitrogens with zero attached hydrogens (tertiary/aromatic N) is 6. The molecule has 3 aromatic rings. The number of carbonyl (C=O) groups is 1. The van der Waals surface area contributed by atoms with Crippen molar-refractivity contribution in [3.63, 3.8) is 0 Å². The molecule has 33 heavy (non-hydrogen) atoms. The summed E-state index contributed by atoms with van der Waals surface area (Å²) in [6.07, 6.45) is 1.63. The number of aromatic nitrogens is 3. The van der Waals surface area contributed by atoms with Crippen LogP contribution in [0.4, 0.5) is 17.6 Å². The zero-order valence-electron chi connectivity index (χ0n) is 18.7. The Hall–Kier alpha value is -3.24. The predicted molar refractivity (Wildman–Crippen MR) is 131 cm³/mol. The molecule has 0 bridgehead atoms. The van der Waals surface area contributed by atoms with E-state index >= 15 is 0 Å². The van der Waals surface area contributed by atoms with E-state index in [0.29, 0.717) is 18.1 Å². The summed E-state index contributed by atoms with van der Waals surface area (Å²) < 4.78 is 0. The van der Waals surface area contributed by atoms with E-state index in [4.69, 9.17) is 11.5 Å². The molecular weight excluding hydrogens is 436 g/mol. The van der Waals surface area contributed by atoms with Crippen molar-refractivity contribution in [3.8, 4) is 0 Å². The summed E-state index contributed by atoms with van der Waals surface area (Å²) >= 11 is 1.46. The monoisotopic (exact) mass is 464 g/mol. The van der Waals surface area contributed by atoms with Crippen LogP contribution in [0.2, 0.25) is 0 Å². The molecule has 2 aliphatic heterocycles. The minimum Gasteiger partial charge on any atom is -0.368 e. The summed E-state index contributed by atoms with van der Waals surface area (Å²) in [7, 11) is 2.14. The van der Waals surface area contributed by atoms with Crippen molar-refractivity contribution in [2.75, 3.05) is 55.3 Å². The van der Waals surface area contributed by atoms with Crippen LogP contribution in [-0.2, 0) is 19.4 Å². The number of benzene rings is 1. The highest BCUT2D eigenvalue weighted by molar-refractivity contribution is 7.09. The molecule has 172 valence electrons. The second kappa shape index (κ2) is 8.95. The van der Waals surface area contributed by atoms with Gasteiger partial charge in [-0.3, -0.25) is 4.79 Å². The van der Waals surface area contributed by atoms with Gasteiger partial charge in [-0.05, 0) is 30.2 Å². The summed E-state index contributed by atoms with van der Waals surface area (Å²) in [5, 5.41) is 2.60. The molecule has 0 saturated carbocycles. The summed E-state index contributed by atoms with van der Waals surface area (Å²) in [5.74, 6) is 1.60. The van der Waals surface area contributed by atoms with Gasteiger partial charge in [-0.15, -0.1) is 11.3 Å². The second-order valence-corrected chi connectivity index (χ2v) is 9.62. The van der Waals surface area contributed by atoms with Crippen LogP contribution >= 0.6 is 11.3 Å². The molecule has 1 aromatic carbocycles. The standard InChI is InChI=1S/C23H28N8OS/c1-29-6-8-30(9-7-29)19-12-20(28-23(25)27-19)31-5-4-16-3-2-15(10-17(16)13-31)11-21-26-18(14-33-21)22(24)32/h2-3,10,12,14H,4-9,11,13H2,1H3,(H2,24,32)(H2,25,27,28). The number of nitrogen functional groups attached to an aromatic ring is 1. The zero-order valence-corrected chi connectivity index (χ0v) is 19.5. The van der Waals surface area contributed by atoms with Crippen molar-refractivity contribution in [3.05, 3.63) is 57.0 Å². The molecule has 10 heteroatoms. The molecule has 0 aliphatic carbocycles. The third-order valence-electron chi connectivity index (χ3n) is 6.31. The number of nitrogens with two attached hydrogens (primary N) is 2. The SMILES string of the molecule is CN1CCN(c2cc(N3CCc4ccc(Cc5nc(C(N)=O)cs5)cc4C3)nc(N)n2)CC1. The Bertz CT molecular complexity index is 1170. The average molecular weight is 465 g/mol. The van der Waals surface area contributed by atoms with Crippen LogP contribution in [0.15, 0.2) is 29.6 Å². The van der Waals surface area contributed by atoms with Crippen LogP contribution in [0, 0.1) is 0 Å². The van der Waals surface area contributed by atoms with Gasteiger partial charge in [-0.1, -0.05) is 18.2 Å². The first-order chi connectivity index (χ1) is 15.9. The van der Waals surface area contributed by atoms with Crippen LogP contribution in [0.3, 0.4) is 0 Å². The zero-order chi connectivity index (χ0) is 22.9. The largest absolute Gasteiger partial charge is 0.368 e. The van der Waals surface area contributed by atoms with E-state index in [9.17, 15) is 4.79 Å². The fourth-order valence-electron chi connectivity index (χ4n) is 4.40. The van der Waals surface area contributed by atoms with Crippen LogP contribution in [-0.4, -0.2) is 65.5 Å². The lowest BCUT2D eigenvalue weighted by atomic mass is 9.96. The van der Waals surface area contributed by atoms with Crippen molar-refractivity contribution in [2.45, 2.75) is 19.4 Å². The molecule has 1 fully saturated rings. The number of hydrogen-bond donors (Lipinski definition) is 2. The number of thiazole rings is 1. The fraction of sp³-hybridized carbons (Fsp3) is 0.391. The summed E-state index contributed by atoms with van der Waals surface area (Å²) in [5.41, 5.74) is 15.6. The molecule has 2 aromatic heterocycles. The van der Waals surface area contributed by atoms with E-state index < -0.39 is 5.91 Å². The number of primary amides is 1. The molecule has 9 nitrogen and oxygen atoms in total. The molecule has 0 radical (unpaired) electrons. The quantitative estimate of drug-likeness (QED) is 0.584. The van der Waals surface area contributed by atoms with Gasteiger partial charge in [0.05, 0.1) is 5.01 Å². The molecule has 1 saturated heterocycles. The molecule has 0 unspecified atom stereocenters. The molecule has 4 N–H and O–H groups in total. The first-order valence-electron chi connectivity index (χ1n) is 11.1.